The van der Waals surface area contributed by atoms with Gasteiger partial charge in [0, 0.05) is 47.4 Å². The van der Waals surface area contributed by atoms with E-state index in [-0.39, 0.29) is 11.9 Å². The summed E-state index contributed by atoms with van der Waals surface area (Å²) in [7, 11) is 0. The molecule has 3 heterocycles. The van der Waals surface area contributed by atoms with E-state index in [9.17, 15) is 4.79 Å². The molecule has 2 aromatic heterocycles. The topological polar surface area (TPSA) is 74.2 Å². The minimum absolute atomic E-state index is 0.00251. The highest BCUT2D eigenvalue weighted by molar-refractivity contribution is 5.98. The van der Waals surface area contributed by atoms with E-state index in [0.717, 1.165) is 60.4 Å². The average Bonchev–Trinajstić information content (AvgIpc) is 3.23. The maximum Gasteiger partial charge on any atom is 0.251 e. The first-order valence-electron chi connectivity index (χ1n) is 9.12. The van der Waals surface area contributed by atoms with Crippen LogP contribution in [-0.4, -0.2) is 40.1 Å². The van der Waals surface area contributed by atoms with Crippen molar-refractivity contribution in [2.45, 2.75) is 39.3 Å². The largest absolute Gasteiger partial charge is 0.361 e. The number of aryl methyl sites for hydroxylation is 2. The summed E-state index contributed by atoms with van der Waals surface area (Å²) in [5, 5.41) is 8.29. The predicted molar refractivity (Wildman–Crippen MR) is 100 cm³/mol. The van der Waals surface area contributed by atoms with E-state index in [1.54, 1.807) is 0 Å². The standard InChI is InChI=1S/C20H24N4O2/c1-13-18(14(2)26-23-13)12-24-9-3-4-17(11-24)22-20(25)16-5-6-19-15(10-16)7-8-21-19/h5-8,10,17,21H,3-4,9,11-12H2,1-2H3,(H,22,25). The summed E-state index contributed by atoms with van der Waals surface area (Å²) in [6, 6.07) is 7.91. The number of benzene rings is 1. The Hall–Kier alpha value is -2.60. The van der Waals surface area contributed by atoms with Gasteiger partial charge in [0.2, 0.25) is 0 Å². The van der Waals surface area contributed by atoms with Gasteiger partial charge in [-0.3, -0.25) is 9.69 Å². The van der Waals surface area contributed by atoms with Gasteiger partial charge in [-0.2, -0.15) is 0 Å². The molecule has 1 atom stereocenters. The molecule has 1 unspecified atom stereocenters. The fraction of sp³-hybridized carbons (Fsp3) is 0.400. The van der Waals surface area contributed by atoms with Crippen LogP contribution in [0.15, 0.2) is 35.0 Å². The molecule has 1 aliphatic heterocycles. The van der Waals surface area contributed by atoms with E-state index >= 15 is 0 Å². The van der Waals surface area contributed by atoms with Crippen molar-refractivity contribution < 1.29 is 9.32 Å². The first-order valence-corrected chi connectivity index (χ1v) is 9.12. The minimum Gasteiger partial charge on any atom is -0.361 e. The van der Waals surface area contributed by atoms with E-state index in [1.807, 2.05) is 44.3 Å². The lowest BCUT2D eigenvalue weighted by Gasteiger charge is -2.33. The lowest BCUT2D eigenvalue weighted by atomic mass is 10.0. The van der Waals surface area contributed by atoms with Crippen LogP contribution in [0.1, 0.15) is 40.2 Å². The molecule has 4 rings (SSSR count). The first kappa shape index (κ1) is 16.8. The molecule has 6 heteroatoms. The fourth-order valence-electron chi connectivity index (χ4n) is 3.73. The highest BCUT2D eigenvalue weighted by atomic mass is 16.5. The summed E-state index contributed by atoms with van der Waals surface area (Å²) < 4.78 is 5.27. The smallest absolute Gasteiger partial charge is 0.251 e. The van der Waals surface area contributed by atoms with Crippen LogP contribution in [0, 0.1) is 13.8 Å². The van der Waals surface area contributed by atoms with Crippen molar-refractivity contribution in [1.82, 2.24) is 20.4 Å². The number of hydrogen-bond acceptors (Lipinski definition) is 4. The first-order chi connectivity index (χ1) is 12.6. The van der Waals surface area contributed by atoms with Crippen LogP contribution in [0.25, 0.3) is 10.9 Å². The highest BCUT2D eigenvalue weighted by Crippen LogP contribution is 2.19. The molecule has 1 fully saturated rings. The SMILES string of the molecule is Cc1noc(C)c1CN1CCCC(NC(=O)c2ccc3[nH]ccc3c2)C1. The van der Waals surface area contributed by atoms with Gasteiger partial charge < -0.3 is 14.8 Å². The molecule has 0 aliphatic carbocycles. The van der Waals surface area contributed by atoms with Crippen LogP contribution in [-0.2, 0) is 6.54 Å². The number of carbonyl (C=O) groups excluding carboxylic acids is 1. The van der Waals surface area contributed by atoms with E-state index in [0.29, 0.717) is 5.56 Å². The lowest BCUT2D eigenvalue weighted by molar-refractivity contribution is 0.0900. The van der Waals surface area contributed by atoms with Crippen molar-refractivity contribution in [3.8, 4) is 0 Å². The second-order valence-electron chi connectivity index (χ2n) is 7.13. The lowest BCUT2D eigenvalue weighted by Crippen LogP contribution is -2.47. The molecule has 0 bridgehead atoms. The second kappa shape index (κ2) is 6.96. The van der Waals surface area contributed by atoms with Crippen LogP contribution in [0.3, 0.4) is 0 Å². The quantitative estimate of drug-likeness (QED) is 0.756. The van der Waals surface area contributed by atoms with Crippen molar-refractivity contribution in [2.75, 3.05) is 13.1 Å². The van der Waals surface area contributed by atoms with Crippen molar-refractivity contribution in [2.24, 2.45) is 0 Å². The van der Waals surface area contributed by atoms with Gasteiger partial charge in [-0.15, -0.1) is 0 Å². The van der Waals surface area contributed by atoms with Gasteiger partial charge in [-0.25, -0.2) is 0 Å². The fourth-order valence-corrected chi connectivity index (χ4v) is 3.73. The number of fused-ring (bicyclic) bond motifs is 1. The number of hydrogen-bond donors (Lipinski definition) is 2. The van der Waals surface area contributed by atoms with Gasteiger partial charge in [0.1, 0.15) is 5.76 Å². The Labute approximate surface area is 152 Å². The number of H-pyrrole nitrogens is 1. The van der Waals surface area contributed by atoms with Gasteiger partial charge in [-0.1, -0.05) is 5.16 Å². The number of likely N-dealkylation sites (tertiary alicyclic amines) is 1. The Balaban J connectivity index is 1.40. The number of aromatic nitrogens is 2. The molecule has 6 nitrogen and oxygen atoms in total. The Bertz CT molecular complexity index is 907. The van der Waals surface area contributed by atoms with Crippen molar-refractivity contribution in [3.63, 3.8) is 0 Å². The molecule has 26 heavy (non-hydrogen) atoms. The zero-order valence-electron chi connectivity index (χ0n) is 15.2. The average molecular weight is 352 g/mol. The van der Waals surface area contributed by atoms with Gasteiger partial charge in [0.25, 0.3) is 5.91 Å². The van der Waals surface area contributed by atoms with E-state index in [2.05, 4.69) is 20.4 Å². The Morgan fingerprint density at radius 1 is 1.38 bits per heavy atom. The normalized spacial score (nSPS) is 18.3. The second-order valence-corrected chi connectivity index (χ2v) is 7.13. The predicted octanol–water partition coefficient (Wildman–Crippen LogP) is 3.17. The summed E-state index contributed by atoms with van der Waals surface area (Å²) in [5.41, 5.74) is 3.87. The van der Waals surface area contributed by atoms with Crippen molar-refractivity contribution in [1.29, 1.82) is 0 Å². The minimum atomic E-state index is -0.00251. The third-order valence-corrected chi connectivity index (χ3v) is 5.22. The maximum absolute atomic E-state index is 12.6. The molecule has 1 aromatic carbocycles. The zero-order chi connectivity index (χ0) is 18.1. The van der Waals surface area contributed by atoms with E-state index in [4.69, 9.17) is 4.52 Å². The van der Waals surface area contributed by atoms with E-state index < -0.39 is 0 Å². The molecule has 0 saturated carbocycles. The molecule has 3 aromatic rings. The van der Waals surface area contributed by atoms with Crippen LogP contribution < -0.4 is 5.32 Å². The molecular formula is C20H24N4O2. The summed E-state index contributed by atoms with van der Waals surface area (Å²) in [6.07, 6.45) is 3.97. The van der Waals surface area contributed by atoms with Crippen LogP contribution in [0.4, 0.5) is 0 Å². The number of rotatable bonds is 4. The highest BCUT2D eigenvalue weighted by Gasteiger charge is 2.23. The van der Waals surface area contributed by atoms with Gasteiger partial charge in [-0.05, 0) is 57.5 Å². The van der Waals surface area contributed by atoms with Crippen LogP contribution in [0.2, 0.25) is 0 Å². The third-order valence-electron chi connectivity index (χ3n) is 5.22. The molecule has 0 spiro atoms. The Morgan fingerprint density at radius 2 is 2.27 bits per heavy atom. The molecule has 1 aliphatic rings. The van der Waals surface area contributed by atoms with Crippen molar-refractivity contribution in [3.05, 3.63) is 53.0 Å². The van der Waals surface area contributed by atoms with E-state index in [1.165, 1.54) is 0 Å². The van der Waals surface area contributed by atoms with Gasteiger partial charge in [0.05, 0.1) is 5.69 Å². The molecule has 1 saturated heterocycles. The summed E-state index contributed by atoms with van der Waals surface area (Å²) in [5.74, 6) is 0.880. The third kappa shape index (κ3) is 3.37. The maximum atomic E-state index is 12.6. The summed E-state index contributed by atoms with van der Waals surface area (Å²) in [4.78, 5) is 18.2. The van der Waals surface area contributed by atoms with Crippen LogP contribution in [0.5, 0.6) is 0 Å². The van der Waals surface area contributed by atoms with Gasteiger partial charge >= 0.3 is 0 Å². The number of carbonyl (C=O) groups is 1. The molecular weight excluding hydrogens is 328 g/mol. The number of aromatic amines is 1. The Kier molecular flexibility index (Phi) is 4.51. The molecule has 136 valence electrons. The number of nitrogens with zero attached hydrogens (tertiary/aromatic N) is 2. The van der Waals surface area contributed by atoms with Crippen LogP contribution >= 0.6 is 0 Å². The molecule has 0 radical (unpaired) electrons. The van der Waals surface area contributed by atoms with Crippen molar-refractivity contribution >= 4 is 16.8 Å². The Morgan fingerprint density at radius 3 is 3.08 bits per heavy atom. The number of nitrogens with one attached hydrogen (secondary N) is 2. The monoisotopic (exact) mass is 352 g/mol. The number of piperidine rings is 1. The summed E-state index contributed by atoms with van der Waals surface area (Å²) in [6.45, 7) is 6.64. The molecule has 2 N–H and O–H groups in total. The van der Waals surface area contributed by atoms with Gasteiger partial charge in [0.15, 0.2) is 0 Å². The number of amides is 1. The summed E-state index contributed by atoms with van der Waals surface area (Å²) >= 11 is 0. The molecule has 1 amide bonds. The zero-order valence-corrected chi connectivity index (χ0v) is 15.2.